The Bertz CT molecular complexity index is 799. The fourth-order valence-corrected chi connectivity index (χ4v) is 2.94. The molecular formula is C20H22N2O3. The zero-order chi connectivity index (χ0) is 18.0. The van der Waals surface area contributed by atoms with E-state index in [-0.39, 0.29) is 5.91 Å². The number of carbonyl (C=O) groups excluding carboxylic acids is 2. The van der Waals surface area contributed by atoms with Crippen LogP contribution in [0, 0.1) is 0 Å². The SMILES string of the molecule is CN(C)c1ccc(CNC(=O)C2(C)Cc3ccccc3C(=O)O2)cc1. The molecule has 0 spiro atoms. The number of nitrogens with zero attached hydrogens (tertiary/aromatic N) is 1. The highest BCUT2D eigenvalue weighted by Crippen LogP contribution is 2.28. The van der Waals surface area contributed by atoms with Gasteiger partial charge in [0, 0.05) is 32.7 Å². The van der Waals surface area contributed by atoms with Gasteiger partial charge in [-0.1, -0.05) is 30.3 Å². The summed E-state index contributed by atoms with van der Waals surface area (Å²) in [6.07, 6.45) is 0.375. The second-order valence-electron chi connectivity index (χ2n) is 6.70. The molecular weight excluding hydrogens is 316 g/mol. The zero-order valence-corrected chi connectivity index (χ0v) is 14.7. The smallest absolute Gasteiger partial charge is 0.339 e. The molecule has 2 aromatic carbocycles. The predicted molar refractivity (Wildman–Crippen MR) is 96.6 cm³/mol. The molecule has 2 aromatic rings. The maximum absolute atomic E-state index is 12.6. The normalized spacial score (nSPS) is 18.9. The Morgan fingerprint density at radius 2 is 1.84 bits per heavy atom. The number of esters is 1. The first-order valence-corrected chi connectivity index (χ1v) is 8.25. The van der Waals surface area contributed by atoms with Crippen molar-refractivity contribution in [2.24, 2.45) is 0 Å². The minimum absolute atomic E-state index is 0.285. The molecule has 1 amide bonds. The van der Waals surface area contributed by atoms with Gasteiger partial charge in [-0.25, -0.2) is 4.79 Å². The standard InChI is InChI=1S/C20H22N2O3/c1-20(12-15-6-4-5-7-17(15)18(23)25-20)19(24)21-13-14-8-10-16(11-9-14)22(2)3/h4-11H,12-13H2,1-3H3,(H,21,24). The van der Waals surface area contributed by atoms with Crippen LogP contribution in [0.2, 0.25) is 0 Å². The summed E-state index contributed by atoms with van der Waals surface area (Å²) in [6.45, 7) is 2.05. The van der Waals surface area contributed by atoms with Crippen molar-refractivity contribution in [1.82, 2.24) is 5.32 Å². The van der Waals surface area contributed by atoms with E-state index in [9.17, 15) is 9.59 Å². The largest absolute Gasteiger partial charge is 0.445 e. The van der Waals surface area contributed by atoms with E-state index >= 15 is 0 Å². The van der Waals surface area contributed by atoms with E-state index in [0.29, 0.717) is 18.5 Å². The van der Waals surface area contributed by atoms with Crippen LogP contribution < -0.4 is 10.2 Å². The minimum Gasteiger partial charge on any atom is -0.445 e. The number of benzene rings is 2. The number of nitrogens with one attached hydrogen (secondary N) is 1. The molecule has 0 saturated heterocycles. The molecule has 0 saturated carbocycles. The molecule has 0 aliphatic carbocycles. The fourth-order valence-electron chi connectivity index (χ4n) is 2.94. The van der Waals surface area contributed by atoms with Gasteiger partial charge < -0.3 is 15.0 Å². The summed E-state index contributed by atoms with van der Waals surface area (Å²) < 4.78 is 5.44. The van der Waals surface area contributed by atoms with Crippen molar-refractivity contribution >= 4 is 17.6 Å². The van der Waals surface area contributed by atoms with Crippen LogP contribution in [0.15, 0.2) is 48.5 Å². The zero-order valence-electron chi connectivity index (χ0n) is 14.7. The molecule has 1 heterocycles. The third kappa shape index (κ3) is 3.50. The molecule has 0 aromatic heterocycles. The van der Waals surface area contributed by atoms with Crippen LogP contribution in [0.1, 0.15) is 28.4 Å². The Morgan fingerprint density at radius 1 is 1.16 bits per heavy atom. The Kier molecular flexibility index (Phi) is 4.49. The highest BCUT2D eigenvalue weighted by atomic mass is 16.6. The van der Waals surface area contributed by atoms with Crippen LogP contribution in [0.4, 0.5) is 5.69 Å². The summed E-state index contributed by atoms with van der Waals surface area (Å²) in [5.74, 6) is -0.734. The van der Waals surface area contributed by atoms with Gasteiger partial charge in [-0.15, -0.1) is 0 Å². The second-order valence-corrected chi connectivity index (χ2v) is 6.70. The molecule has 3 rings (SSSR count). The molecule has 5 nitrogen and oxygen atoms in total. The minimum atomic E-state index is -1.19. The van der Waals surface area contributed by atoms with Crippen molar-refractivity contribution in [3.8, 4) is 0 Å². The van der Waals surface area contributed by atoms with Crippen molar-refractivity contribution in [3.05, 3.63) is 65.2 Å². The van der Waals surface area contributed by atoms with Crippen molar-refractivity contribution in [3.63, 3.8) is 0 Å². The number of hydrogen-bond donors (Lipinski definition) is 1. The van der Waals surface area contributed by atoms with Crippen LogP contribution in [0.5, 0.6) is 0 Å². The topological polar surface area (TPSA) is 58.6 Å². The van der Waals surface area contributed by atoms with Gasteiger partial charge in [0.2, 0.25) is 0 Å². The maximum Gasteiger partial charge on any atom is 0.339 e. The lowest BCUT2D eigenvalue weighted by Gasteiger charge is -2.33. The van der Waals surface area contributed by atoms with E-state index in [1.807, 2.05) is 55.4 Å². The van der Waals surface area contributed by atoms with Gasteiger partial charge >= 0.3 is 5.97 Å². The third-order valence-electron chi connectivity index (χ3n) is 4.47. The number of amides is 1. The van der Waals surface area contributed by atoms with Gasteiger partial charge in [0.1, 0.15) is 0 Å². The molecule has 0 bridgehead atoms. The summed E-state index contributed by atoms with van der Waals surface area (Å²) in [6, 6.07) is 15.2. The predicted octanol–water partition coefficient (Wildman–Crippen LogP) is 2.54. The van der Waals surface area contributed by atoms with E-state index in [1.54, 1.807) is 19.1 Å². The van der Waals surface area contributed by atoms with E-state index < -0.39 is 11.6 Å². The van der Waals surface area contributed by atoms with Crippen molar-refractivity contribution in [2.75, 3.05) is 19.0 Å². The van der Waals surface area contributed by atoms with Gasteiger partial charge in [0.25, 0.3) is 5.91 Å². The van der Waals surface area contributed by atoms with Gasteiger partial charge in [0.05, 0.1) is 5.56 Å². The summed E-state index contributed by atoms with van der Waals surface area (Å²) in [5, 5.41) is 2.88. The first-order chi connectivity index (χ1) is 11.9. The van der Waals surface area contributed by atoms with E-state index in [1.165, 1.54) is 0 Å². The summed E-state index contributed by atoms with van der Waals surface area (Å²) >= 11 is 0. The number of fused-ring (bicyclic) bond motifs is 1. The van der Waals surface area contributed by atoms with Crippen LogP contribution in [-0.4, -0.2) is 31.6 Å². The molecule has 0 radical (unpaired) electrons. The average molecular weight is 338 g/mol. The molecule has 1 atom stereocenters. The van der Waals surface area contributed by atoms with E-state index in [0.717, 1.165) is 16.8 Å². The molecule has 1 aliphatic rings. The molecule has 130 valence electrons. The third-order valence-corrected chi connectivity index (χ3v) is 4.47. The molecule has 0 fully saturated rings. The Labute approximate surface area is 147 Å². The van der Waals surface area contributed by atoms with Crippen molar-refractivity contribution in [1.29, 1.82) is 0 Å². The maximum atomic E-state index is 12.6. The first-order valence-electron chi connectivity index (χ1n) is 8.25. The summed E-state index contributed by atoms with van der Waals surface area (Å²) in [7, 11) is 3.96. The number of rotatable bonds is 4. The van der Waals surface area contributed by atoms with Gasteiger partial charge in [-0.3, -0.25) is 4.79 Å². The van der Waals surface area contributed by atoms with Gasteiger partial charge in [-0.05, 0) is 36.2 Å². The number of hydrogen-bond acceptors (Lipinski definition) is 4. The van der Waals surface area contributed by atoms with Crippen LogP contribution in [0.3, 0.4) is 0 Å². The number of carbonyl (C=O) groups is 2. The number of ether oxygens (including phenoxy) is 1. The van der Waals surface area contributed by atoms with Crippen LogP contribution in [0.25, 0.3) is 0 Å². The Hall–Kier alpha value is -2.82. The van der Waals surface area contributed by atoms with Crippen molar-refractivity contribution in [2.45, 2.75) is 25.5 Å². The molecule has 1 unspecified atom stereocenters. The van der Waals surface area contributed by atoms with E-state index in [4.69, 9.17) is 4.74 Å². The van der Waals surface area contributed by atoms with E-state index in [2.05, 4.69) is 5.32 Å². The lowest BCUT2D eigenvalue weighted by Crippen LogP contribution is -2.51. The summed E-state index contributed by atoms with van der Waals surface area (Å²) in [4.78, 5) is 26.8. The second kappa shape index (κ2) is 6.59. The monoisotopic (exact) mass is 338 g/mol. The Balaban J connectivity index is 1.68. The molecule has 25 heavy (non-hydrogen) atoms. The molecule has 5 heteroatoms. The van der Waals surface area contributed by atoms with Crippen LogP contribution >= 0.6 is 0 Å². The quantitative estimate of drug-likeness (QED) is 0.871. The fraction of sp³-hybridized carbons (Fsp3) is 0.300. The highest BCUT2D eigenvalue weighted by molar-refractivity contribution is 5.97. The van der Waals surface area contributed by atoms with Crippen LogP contribution in [-0.2, 0) is 22.5 Å². The van der Waals surface area contributed by atoms with Crippen molar-refractivity contribution < 1.29 is 14.3 Å². The highest BCUT2D eigenvalue weighted by Gasteiger charge is 2.42. The molecule has 1 N–H and O–H groups in total. The van der Waals surface area contributed by atoms with Gasteiger partial charge in [-0.2, -0.15) is 0 Å². The average Bonchev–Trinajstić information content (AvgIpc) is 2.60. The molecule has 1 aliphatic heterocycles. The number of anilines is 1. The lowest BCUT2D eigenvalue weighted by molar-refractivity contribution is -0.139. The Morgan fingerprint density at radius 3 is 2.52 bits per heavy atom. The van der Waals surface area contributed by atoms with Gasteiger partial charge in [0.15, 0.2) is 5.60 Å². The number of cyclic esters (lactones) is 1. The summed E-state index contributed by atoms with van der Waals surface area (Å²) in [5.41, 5.74) is 2.28. The first kappa shape index (κ1) is 17.0. The lowest BCUT2D eigenvalue weighted by atomic mass is 9.89.